The predicted molar refractivity (Wildman–Crippen MR) is 171 cm³/mol. The molecule has 0 saturated carbocycles. The van der Waals surface area contributed by atoms with Gasteiger partial charge in [-0.3, -0.25) is 4.79 Å². The molecule has 44 heavy (non-hydrogen) atoms. The van der Waals surface area contributed by atoms with Gasteiger partial charge in [-0.2, -0.15) is 4.98 Å². The standard InChI is InChI=1S/C33H31Cl2FN4O3S/c1-4-42-28-14-19(12-13-27(28)43-17-21-23(35)10-7-11-24(21)36)30-29-25(15-33(2,3)16-26(29)41)37-31-38-32(39-40(30)31)44-18-20-8-5-6-9-22(20)34/h5-14,30H,4,15-18H2,1-3H3,(H,37,38,39). The van der Waals surface area contributed by atoms with Crippen LogP contribution in [0.2, 0.25) is 10.0 Å². The van der Waals surface area contributed by atoms with Gasteiger partial charge >= 0.3 is 0 Å². The van der Waals surface area contributed by atoms with Gasteiger partial charge in [0.05, 0.1) is 11.6 Å². The Morgan fingerprint density at radius 2 is 1.84 bits per heavy atom. The van der Waals surface area contributed by atoms with Crippen molar-refractivity contribution >= 4 is 46.7 Å². The molecule has 0 saturated heterocycles. The van der Waals surface area contributed by atoms with E-state index in [9.17, 15) is 9.18 Å². The van der Waals surface area contributed by atoms with Crippen LogP contribution in [-0.4, -0.2) is 27.2 Å². The van der Waals surface area contributed by atoms with Gasteiger partial charge in [-0.15, -0.1) is 5.10 Å². The van der Waals surface area contributed by atoms with E-state index >= 15 is 0 Å². The number of Topliss-reactive ketones (excluding diaryl/α,β-unsaturated/α-hetero) is 1. The maximum atomic E-state index is 14.4. The summed E-state index contributed by atoms with van der Waals surface area (Å²) in [6, 6.07) is 17.2. The van der Waals surface area contributed by atoms with Gasteiger partial charge in [0, 0.05) is 34.0 Å². The van der Waals surface area contributed by atoms with Crippen molar-refractivity contribution < 1.29 is 18.7 Å². The molecule has 1 N–H and O–H groups in total. The highest BCUT2D eigenvalue weighted by Gasteiger charge is 2.42. The minimum absolute atomic E-state index is 0.0626. The number of ketones is 1. The van der Waals surface area contributed by atoms with Crippen molar-refractivity contribution in [2.45, 2.75) is 57.2 Å². The lowest BCUT2D eigenvalue weighted by molar-refractivity contribution is -0.118. The van der Waals surface area contributed by atoms with E-state index in [0.717, 1.165) is 16.8 Å². The van der Waals surface area contributed by atoms with Gasteiger partial charge in [0.25, 0.3) is 0 Å². The van der Waals surface area contributed by atoms with E-state index in [0.29, 0.717) is 58.4 Å². The average molecular weight is 654 g/mol. The Kier molecular flexibility index (Phi) is 8.64. The van der Waals surface area contributed by atoms with Crippen LogP contribution in [0.5, 0.6) is 11.5 Å². The number of hydrogen-bond acceptors (Lipinski definition) is 7. The SMILES string of the molecule is CCOc1cc(C2C3=C(CC(C)(C)CC3=O)Nc3nc(SCc4ccccc4Cl)nn32)ccc1OCc1c(F)cccc1Cl. The largest absolute Gasteiger partial charge is 0.490 e. The second-order valence-corrected chi connectivity index (χ2v) is 13.3. The molecule has 0 amide bonds. The van der Waals surface area contributed by atoms with E-state index in [2.05, 4.69) is 19.2 Å². The van der Waals surface area contributed by atoms with Crippen molar-refractivity contribution in [1.82, 2.24) is 14.8 Å². The minimum atomic E-state index is -0.527. The number of aromatic nitrogens is 3. The first-order chi connectivity index (χ1) is 21.1. The van der Waals surface area contributed by atoms with E-state index in [-0.39, 0.29) is 28.4 Å². The molecule has 1 aliphatic heterocycles. The molecule has 1 aliphatic carbocycles. The minimum Gasteiger partial charge on any atom is -0.490 e. The maximum absolute atomic E-state index is 14.4. The number of halogens is 3. The Morgan fingerprint density at radius 1 is 1.05 bits per heavy atom. The zero-order valence-electron chi connectivity index (χ0n) is 24.5. The molecule has 228 valence electrons. The number of nitrogens with zero attached hydrogens (tertiary/aromatic N) is 3. The molecule has 2 heterocycles. The van der Waals surface area contributed by atoms with E-state index in [1.807, 2.05) is 43.3 Å². The second-order valence-electron chi connectivity index (χ2n) is 11.5. The molecule has 0 fully saturated rings. The smallest absolute Gasteiger partial charge is 0.227 e. The van der Waals surface area contributed by atoms with Crippen molar-refractivity contribution in [3.63, 3.8) is 0 Å². The fourth-order valence-electron chi connectivity index (χ4n) is 5.62. The number of anilines is 1. The van der Waals surface area contributed by atoms with Crippen LogP contribution in [0.4, 0.5) is 10.3 Å². The van der Waals surface area contributed by atoms with Crippen molar-refractivity contribution in [3.8, 4) is 11.5 Å². The molecular weight excluding hydrogens is 622 g/mol. The van der Waals surface area contributed by atoms with Gasteiger partial charge in [-0.1, -0.05) is 79.1 Å². The number of fused-ring (bicyclic) bond motifs is 1. The third-order valence-electron chi connectivity index (χ3n) is 7.64. The molecule has 0 bridgehead atoms. The maximum Gasteiger partial charge on any atom is 0.227 e. The van der Waals surface area contributed by atoms with Crippen molar-refractivity contribution in [3.05, 3.63) is 104 Å². The van der Waals surface area contributed by atoms with Crippen LogP contribution in [0.3, 0.4) is 0 Å². The number of allylic oxidation sites excluding steroid dienone is 2. The summed E-state index contributed by atoms with van der Waals surface area (Å²) in [5.74, 6) is 1.68. The molecule has 0 spiro atoms. The van der Waals surface area contributed by atoms with Crippen LogP contribution in [0, 0.1) is 11.2 Å². The first kappa shape index (κ1) is 30.5. The Labute approximate surface area is 269 Å². The van der Waals surface area contributed by atoms with E-state index in [1.54, 1.807) is 22.9 Å². The molecule has 1 atom stereocenters. The molecule has 7 nitrogen and oxygen atoms in total. The normalized spacial score (nSPS) is 17.1. The number of thioether (sulfide) groups is 1. The molecule has 6 rings (SSSR count). The molecule has 11 heteroatoms. The van der Waals surface area contributed by atoms with Gasteiger partial charge in [0.15, 0.2) is 17.3 Å². The van der Waals surface area contributed by atoms with Gasteiger partial charge in [-0.05, 0) is 60.2 Å². The number of carbonyl (C=O) groups excluding carboxylic acids is 1. The van der Waals surface area contributed by atoms with E-state index in [4.69, 9.17) is 42.8 Å². The summed E-state index contributed by atoms with van der Waals surface area (Å²) in [7, 11) is 0. The van der Waals surface area contributed by atoms with Crippen LogP contribution < -0.4 is 14.8 Å². The first-order valence-electron chi connectivity index (χ1n) is 14.3. The lowest BCUT2D eigenvalue weighted by Crippen LogP contribution is -2.36. The Morgan fingerprint density at radius 3 is 2.61 bits per heavy atom. The summed E-state index contributed by atoms with van der Waals surface area (Å²) in [5.41, 5.74) is 3.36. The first-order valence-corrected chi connectivity index (χ1v) is 16.1. The number of rotatable bonds is 9. The number of carbonyl (C=O) groups is 1. The topological polar surface area (TPSA) is 78.3 Å². The highest BCUT2D eigenvalue weighted by molar-refractivity contribution is 7.98. The zero-order valence-corrected chi connectivity index (χ0v) is 26.8. The van der Waals surface area contributed by atoms with Crippen molar-refractivity contribution in [2.24, 2.45) is 5.41 Å². The van der Waals surface area contributed by atoms with E-state index in [1.165, 1.54) is 17.8 Å². The summed E-state index contributed by atoms with van der Waals surface area (Å²) in [6.07, 6.45) is 1.12. The van der Waals surface area contributed by atoms with Crippen molar-refractivity contribution in [2.75, 3.05) is 11.9 Å². The van der Waals surface area contributed by atoms with Gasteiger partial charge < -0.3 is 14.8 Å². The van der Waals surface area contributed by atoms with Gasteiger partial charge in [0.1, 0.15) is 18.5 Å². The molecule has 2 aliphatic rings. The predicted octanol–water partition coefficient (Wildman–Crippen LogP) is 8.65. The summed E-state index contributed by atoms with van der Waals surface area (Å²) in [6.45, 7) is 6.37. The summed E-state index contributed by atoms with van der Waals surface area (Å²) < 4.78 is 28.2. The average Bonchev–Trinajstić information content (AvgIpc) is 3.38. The van der Waals surface area contributed by atoms with Crippen LogP contribution in [-0.2, 0) is 17.2 Å². The Hall–Kier alpha value is -3.53. The molecule has 0 radical (unpaired) electrons. The second kappa shape index (κ2) is 12.5. The summed E-state index contributed by atoms with van der Waals surface area (Å²) in [5, 5.41) is 9.82. The summed E-state index contributed by atoms with van der Waals surface area (Å²) >= 11 is 14.1. The number of ether oxygens (including phenoxy) is 2. The summed E-state index contributed by atoms with van der Waals surface area (Å²) in [4.78, 5) is 18.5. The Bertz CT molecular complexity index is 1750. The quantitative estimate of drug-likeness (QED) is 0.181. The fourth-order valence-corrected chi connectivity index (χ4v) is 6.95. The van der Waals surface area contributed by atoms with Gasteiger partial charge in [-0.25, -0.2) is 9.07 Å². The third-order valence-corrected chi connectivity index (χ3v) is 9.25. The highest BCUT2D eigenvalue weighted by Crippen LogP contribution is 2.47. The highest BCUT2D eigenvalue weighted by atomic mass is 35.5. The Balaban J connectivity index is 1.36. The van der Waals surface area contributed by atoms with Crippen molar-refractivity contribution in [1.29, 1.82) is 0 Å². The van der Waals surface area contributed by atoms with Crippen LogP contribution in [0.1, 0.15) is 56.3 Å². The number of nitrogens with one attached hydrogen (secondary N) is 1. The van der Waals surface area contributed by atoms with Crippen LogP contribution in [0.25, 0.3) is 0 Å². The lowest BCUT2D eigenvalue weighted by atomic mass is 9.73. The number of benzene rings is 3. The third kappa shape index (κ3) is 6.18. The van der Waals surface area contributed by atoms with Crippen LogP contribution >= 0.6 is 35.0 Å². The molecule has 3 aromatic carbocycles. The number of hydrogen-bond donors (Lipinski definition) is 1. The lowest BCUT2D eigenvalue weighted by Gasteiger charge is -2.38. The van der Waals surface area contributed by atoms with Crippen LogP contribution in [0.15, 0.2) is 77.1 Å². The molecule has 4 aromatic rings. The molecule has 1 unspecified atom stereocenters. The molecular formula is C33H31Cl2FN4O3S. The zero-order chi connectivity index (χ0) is 31.0. The monoisotopic (exact) mass is 652 g/mol. The van der Waals surface area contributed by atoms with Gasteiger partial charge in [0.2, 0.25) is 11.1 Å². The fraction of sp³-hybridized carbons (Fsp3) is 0.303. The molecule has 1 aromatic heterocycles. The van der Waals surface area contributed by atoms with E-state index < -0.39 is 11.9 Å².